The standard InChI is InChI=1S/C24H28N2O3/c1-4-16-29-22-12-10-19(17-23(22)28-3)11-13-24(27)26-15-14-25(2)18-21(26)20-8-6-5-7-9-20/h4-13,17,21H,1,14-16,18H2,2-3H3/b13-11+. The number of piperazine rings is 1. The molecule has 1 heterocycles. The van der Waals surface area contributed by atoms with Crippen LogP contribution in [0.15, 0.2) is 67.3 Å². The zero-order valence-corrected chi connectivity index (χ0v) is 17.1. The second-order valence-corrected chi connectivity index (χ2v) is 7.06. The highest BCUT2D eigenvalue weighted by Gasteiger charge is 2.28. The van der Waals surface area contributed by atoms with Gasteiger partial charge in [0.15, 0.2) is 11.5 Å². The van der Waals surface area contributed by atoms with Crippen LogP contribution in [0.25, 0.3) is 6.08 Å². The van der Waals surface area contributed by atoms with Crippen molar-refractivity contribution >= 4 is 12.0 Å². The predicted molar refractivity (Wildman–Crippen MR) is 116 cm³/mol. The normalized spacial score (nSPS) is 17.3. The van der Waals surface area contributed by atoms with E-state index in [1.807, 2.05) is 47.4 Å². The van der Waals surface area contributed by atoms with Gasteiger partial charge >= 0.3 is 0 Å². The molecule has 1 unspecified atom stereocenters. The summed E-state index contributed by atoms with van der Waals surface area (Å²) in [5.41, 5.74) is 2.04. The second kappa shape index (κ2) is 9.94. The molecule has 0 spiro atoms. The molecule has 5 heteroatoms. The van der Waals surface area contributed by atoms with Crippen molar-refractivity contribution in [3.05, 3.63) is 78.4 Å². The minimum atomic E-state index is 0.0119. The Morgan fingerprint density at radius 2 is 1.97 bits per heavy atom. The van der Waals surface area contributed by atoms with Crippen LogP contribution in [0.1, 0.15) is 17.2 Å². The largest absolute Gasteiger partial charge is 0.493 e. The topological polar surface area (TPSA) is 42.0 Å². The summed E-state index contributed by atoms with van der Waals surface area (Å²) in [6, 6.07) is 15.9. The molecule has 1 saturated heterocycles. The number of carbonyl (C=O) groups excluding carboxylic acids is 1. The number of likely N-dealkylation sites (N-methyl/N-ethyl adjacent to an activating group) is 1. The number of methoxy groups -OCH3 is 1. The quantitative estimate of drug-likeness (QED) is 0.531. The molecule has 0 N–H and O–H groups in total. The van der Waals surface area contributed by atoms with Crippen LogP contribution < -0.4 is 9.47 Å². The summed E-state index contributed by atoms with van der Waals surface area (Å²) in [7, 11) is 3.69. The molecule has 2 aromatic carbocycles. The van der Waals surface area contributed by atoms with Crippen LogP contribution in [0.4, 0.5) is 0 Å². The van der Waals surface area contributed by atoms with Crippen molar-refractivity contribution in [2.45, 2.75) is 6.04 Å². The fourth-order valence-electron chi connectivity index (χ4n) is 3.46. The van der Waals surface area contributed by atoms with Crippen molar-refractivity contribution in [1.29, 1.82) is 0 Å². The zero-order valence-electron chi connectivity index (χ0n) is 17.1. The summed E-state index contributed by atoms with van der Waals surface area (Å²) in [6.07, 6.45) is 5.15. The minimum Gasteiger partial charge on any atom is -0.493 e. The first kappa shape index (κ1) is 20.7. The van der Waals surface area contributed by atoms with Crippen LogP contribution in [0.3, 0.4) is 0 Å². The Labute approximate surface area is 172 Å². The van der Waals surface area contributed by atoms with Crippen LogP contribution in [0.2, 0.25) is 0 Å². The van der Waals surface area contributed by atoms with Gasteiger partial charge in [-0.3, -0.25) is 4.79 Å². The predicted octanol–water partition coefficient (Wildman–Crippen LogP) is 3.79. The van der Waals surface area contributed by atoms with Gasteiger partial charge in [0.05, 0.1) is 13.2 Å². The third kappa shape index (κ3) is 5.27. The van der Waals surface area contributed by atoms with Crippen molar-refractivity contribution < 1.29 is 14.3 Å². The summed E-state index contributed by atoms with van der Waals surface area (Å²) >= 11 is 0. The molecule has 5 nitrogen and oxygen atoms in total. The van der Waals surface area contributed by atoms with Crippen molar-refractivity contribution in [1.82, 2.24) is 9.80 Å². The monoisotopic (exact) mass is 392 g/mol. The lowest BCUT2D eigenvalue weighted by Crippen LogP contribution is -2.48. The number of ether oxygens (including phenoxy) is 2. The molecule has 2 aromatic rings. The number of amides is 1. The van der Waals surface area contributed by atoms with E-state index in [9.17, 15) is 4.79 Å². The lowest BCUT2D eigenvalue weighted by molar-refractivity contribution is -0.130. The Bertz CT molecular complexity index is 864. The van der Waals surface area contributed by atoms with Crippen LogP contribution in [-0.2, 0) is 4.79 Å². The number of rotatable bonds is 7. The van der Waals surface area contributed by atoms with Gasteiger partial charge < -0.3 is 19.3 Å². The molecule has 1 aliphatic rings. The van der Waals surface area contributed by atoms with E-state index < -0.39 is 0 Å². The Morgan fingerprint density at radius 1 is 1.17 bits per heavy atom. The molecule has 0 aliphatic carbocycles. The summed E-state index contributed by atoms with van der Waals surface area (Å²) in [4.78, 5) is 17.2. The van der Waals surface area contributed by atoms with Crippen molar-refractivity contribution in [3.63, 3.8) is 0 Å². The van der Waals surface area contributed by atoms with Crippen LogP contribution in [0.5, 0.6) is 11.5 Å². The fourth-order valence-corrected chi connectivity index (χ4v) is 3.46. The Kier molecular flexibility index (Phi) is 7.09. The van der Waals surface area contributed by atoms with E-state index in [-0.39, 0.29) is 11.9 Å². The summed E-state index contributed by atoms with van der Waals surface area (Å²) in [5, 5.41) is 0. The first-order valence-electron chi connectivity index (χ1n) is 9.76. The molecular weight excluding hydrogens is 364 g/mol. The molecule has 152 valence electrons. The molecule has 0 saturated carbocycles. The number of hydrogen-bond donors (Lipinski definition) is 0. The maximum atomic E-state index is 13.0. The van der Waals surface area contributed by atoms with Gasteiger partial charge in [0.2, 0.25) is 5.91 Å². The third-order valence-corrected chi connectivity index (χ3v) is 5.01. The smallest absolute Gasteiger partial charge is 0.247 e. The molecule has 29 heavy (non-hydrogen) atoms. The third-order valence-electron chi connectivity index (χ3n) is 5.01. The molecule has 1 aliphatic heterocycles. The van der Waals surface area contributed by atoms with Gasteiger partial charge in [-0.1, -0.05) is 49.1 Å². The number of nitrogens with zero attached hydrogens (tertiary/aromatic N) is 2. The van der Waals surface area contributed by atoms with Gasteiger partial charge in [-0.05, 0) is 36.4 Å². The average Bonchev–Trinajstić information content (AvgIpc) is 2.76. The Balaban J connectivity index is 1.75. The van der Waals surface area contributed by atoms with Crippen molar-refractivity contribution in [3.8, 4) is 11.5 Å². The van der Waals surface area contributed by atoms with Crippen LogP contribution in [0, 0.1) is 0 Å². The fraction of sp³-hybridized carbons (Fsp3) is 0.292. The lowest BCUT2D eigenvalue weighted by atomic mass is 10.0. The highest BCUT2D eigenvalue weighted by Crippen LogP contribution is 2.29. The van der Waals surface area contributed by atoms with Gasteiger partial charge in [-0.25, -0.2) is 0 Å². The van der Waals surface area contributed by atoms with E-state index in [0.29, 0.717) is 24.7 Å². The Hall–Kier alpha value is -3.05. The van der Waals surface area contributed by atoms with E-state index in [1.165, 1.54) is 0 Å². The maximum Gasteiger partial charge on any atom is 0.247 e. The highest BCUT2D eigenvalue weighted by molar-refractivity contribution is 5.92. The van der Waals surface area contributed by atoms with Gasteiger partial charge in [0.25, 0.3) is 0 Å². The molecule has 1 atom stereocenters. The van der Waals surface area contributed by atoms with Crippen LogP contribution in [-0.4, -0.2) is 56.1 Å². The summed E-state index contributed by atoms with van der Waals surface area (Å²) in [6.45, 7) is 6.46. The molecule has 0 bridgehead atoms. The Morgan fingerprint density at radius 3 is 2.69 bits per heavy atom. The first-order valence-corrected chi connectivity index (χ1v) is 9.76. The highest BCUT2D eigenvalue weighted by atomic mass is 16.5. The number of carbonyl (C=O) groups is 1. The van der Waals surface area contributed by atoms with Crippen molar-refractivity contribution in [2.75, 3.05) is 40.4 Å². The number of benzene rings is 2. The summed E-state index contributed by atoms with van der Waals surface area (Å²) < 4.78 is 11.0. The van der Waals surface area contributed by atoms with Gasteiger partial charge in [-0.15, -0.1) is 0 Å². The molecule has 0 radical (unpaired) electrons. The van der Waals surface area contributed by atoms with E-state index in [2.05, 4.69) is 30.7 Å². The summed E-state index contributed by atoms with van der Waals surface area (Å²) in [5.74, 6) is 1.29. The second-order valence-electron chi connectivity index (χ2n) is 7.06. The van der Waals surface area contributed by atoms with E-state index in [1.54, 1.807) is 19.3 Å². The SMILES string of the molecule is C=CCOc1ccc(/C=C/C(=O)N2CCN(C)CC2c2ccccc2)cc1OC. The molecule has 1 fully saturated rings. The average molecular weight is 392 g/mol. The van der Waals surface area contributed by atoms with Gasteiger partial charge in [0.1, 0.15) is 6.61 Å². The lowest BCUT2D eigenvalue weighted by Gasteiger charge is -2.40. The minimum absolute atomic E-state index is 0.0119. The zero-order chi connectivity index (χ0) is 20.6. The first-order chi connectivity index (χ1) is 14.1. The molecule has 0 aromatic heterocycles. The molecule has 1 amide bonds. The number of hydrogen-bond acceptors (Lipinski definition) is 4. The molecular formula is C24H28N2O3. The van der Waals surface area contributed by atoms with E-state index in [4.69, 9.17) is 9.47 Å². The molecule has 3 rings (SSSR count). The van der Waals surface area contributed by atoms with E-state index >= 15 is 0 Å². The van der Waals surface area contributed by atoms with E-state index in [0.717, 1.165) is 24.2 Å². The van der Waals surface area contributed by atoms with Crippen LogP contribution >= 0.6 is 0 Å². The van der Waals surface area contributed by atoms with Gasteiger partial charge in [-0.2, -0.15) is 0 Å². The maximum absolute atomic E-state index is 13.0. The van der Waals surface area contributed by atoms with Crippen molar-refractivity contribution in [2.24, 2.45) is 0 Å². The van der Waals surface area contributed by atoms with Gasteiger partial charge in [0, 0.05) is 25.7 Å².